The fourth-order valence-electron chi connectivity index (χ4n) is 1.82. The summed E-state index contributed by atoms with van der Waals surface area (Å²) in [5.74, 6) is 1.19. The average Bonchev–Trinajstić information content (AvgIpc) is 2.47. The molecule has 2 aromatic rings. The van der Waals surface area contributed by atoms with Crippen molar-refractivity contribution in [2.24, 2.45) is 0 Å². The summed E-state index contributed by atoms with van der Waals surface area (Å²) in [7, 11) is 0. The number of anilines is 1. The monoisotopic (exact) mass is 319 g/mol. The molecule has 0 aliphatic carbocycles. The number of aromatic nitrogens is 2. The van der Waals surface area contributed by atoms with E-state index in [-0.39, 0.29) is 22.9 Å². The minimum Gasteiger partial charge on any atom is -0.494 e. The van der Waals surface area contributed by atoms with E-state index in [1.807, 2.05) is 31.2 Å². The lowest BCUT2D eigenvalue weighted by Gasteiger charge is -2.05. The van der Waals surface area contributed by atoms with Gasteiger partial charge in [0.15, 0.2) is 5.16 Å². The molecule has 0 fully saturated rings. The number of nitrogen functional groups attached to an aromatic ring is 1. The number of H-pyrrole nitrogens is 1. The molecule has 7 heteroatoms. The Kier molecular flexibility index (Phi) is 5.60. The summed E-state index contributed by atoms with van der Waals surface area (Å²) in [6.07, 6.45) is 0.325. The Bertz CT molecular complexity index is 698. The Balaban J connectivity index is 1.88. The molecule has 0 radical (unpaired) electrons. The Morgan fingerprint density at radius 3 is 2.73 bits per heavy atom. The summed E-state index contributed by atoms with van der Waals surface area (Å²) < 4.78 is 5.35. The summed E-state index contributed by atoms with van der Waals surface area (Å²) in [5.41, 5.74) is 6.08. The van der Waals surface area contributed by atoms with Crippen LogP contribution in [0.3, 0.4) is 0 Å². The maximum absolute atomic E-state index is 12.0. The van der Waals surface area contributed by atoms with Gasteiger partial charge in [0.05, 0.1) is 12.4 Å². The van der Waals surface area contributed by atoms with Crippen molar-refractivity contribution in [3.63, 3.8) is 0 Å². The van der Waals surface area contributed by atoms with Crippen LogP contribution in [0, 0.1) is 0 Å². The third-order valence-electron chi connectivity index (χ3n) is 2.75. The Hall–Kier alpha value is -2.28. The number of nitrogens with two attached hydrogens (primary N) is 1. The largest absolute Gasteiger partial charge is 0.494 e. The highest BCUT2D eigenvalue weighted by molar-refractivity contribution is 7.99. The first-order valence-electron chi connectivity index (χ1n) is 6.80. The SMILES string of the molecule is CCOc1ccc(CC(=O)CSc2nc(N)cc(=O)[nH]2)cc1. The van der Waals surface area contributed by atoms with Crippen molar-refractivity contribution < 1.29 is 9.53 Å². The van der Waals surface area contributed by atoms with E-state index in [0.29, 0.717) is 18.2 Å². The molecule has 1 heterocycles. The lowest BCUT2D eigenvalue weighted by atomic mass is 10.1. The molecule has 0 atom stereocenters. The number of carbonyl (C=O) groups excluding carboxylic acids is 1. The highest BCUT2D eigenvalue weighted by Gasteiger charge is 2.07. The van der Waals surface area contributed by atoms with Crippen molar-refractivity contribution >= 4 is 23.4 Å². The van der Waals surface area contributed by atoms with Crippen LogP contribution in [-0.2, 0) is 11.2 Å². The van der Waals surface area contributed by atoms with Crippen molar-refractivity contribution in [2.45, 2.75) is 18.5 Å². The fourth-order valence-corrected chi connectivity index (χ4v) is 2.56. The fraction of sp³-hybridized carbons (Fsp3) is 0.267. The number of benzene rings is 1. The van der Waals surface area contributed by atoms with E-state index in [9.17, 15) is 9.59 Å². The van der Waals surface area contributed by atoms with Crippen LogP contribution < -0.4 is 16.0 Å². The summed E-state index contributed by atoms with van der Waals surface area (Å²) >= 11 is 1.17. The number of aromatic amines is 1. The second-order valence-electron chi connectivity index (χ2n) is 4.56. The first-order chi connectivity index (χ1) is 10.6. The number of hydrogen-bond donors (Lipinski definition) is 2. The van der Waals surface area contributed by atoms with Crippen molar-refractivity contribution in [3.8, 4) is 5.75 Å². The smallest absolute Gasteiger partial charge is 0.253 e. The highest BCUT2D eigenvalue weighted by Crippen LogP contribution is 2.15. The third-order valence-corrected chi connectivity index (χ3v) is 3.68. The number of Topliss-reactive ketones (excluding diaryl/α,β-unsaturated/α-hetero) is 1. The predicted octanol–water partition coefficient (Wildman–Crippen LogP) is 1.65. The Morgan fingerprint density at radius 1 is 1.36 bits per heavy atom. The van der Waals surface area contributed by atoms with Gasteiger partial charge in [0, 0.05) is 12.5 Å². The van der Waals surface area contributed by atoms with Gasteiger partial charge in [-0.2, -0.15) is 0 Å². The maximum atomic E-state index is 12.0. The van der Waals surface area contributed by atoms with Crippen LogP contribution in [0.5, 0.6) is 5.75 Å². The molecule has 3 N–H and O–H groups in total. The van der Waals surface area contributed by atoms with E-state index in [1.54, 1.807) is 0 Å². The van der Waals surface area contributed by atoms with Crippen molar-refractivity contribution in [1.82, 2.24) is 9.97 Å². The first-order valence-corrected chi connectivity index (χ1v) is 7.78. The molecule has 1 aromatic heterocycles. The molecule has 0 saturated carbocycles. The molecule has 1 aromatic carbocycles. The van der Waals surface area contributed by atoms with Crippen LogP contribution in [0.25, 0.3) is 0 Å². The number of nitrogens with one attached hydrogen (secondary N) is 1. The van der Waals surface area contributed by atoms with Gasteiger partial charge in [0.1, 0.15) is 17.4 Å². The van der Waals surface area contributed by atoms with Crippen LogP contribution in [0.15, 0.2) is 40.3 Å². The van der Waals surface area contributed by atoms with Gasteiger partial charge < -0.3 is 15.5 Å². The third kappa shape index (κ3) is 4.92. The molecule has 2 rings (SSSR count). The summed E-state index contributed by atoms with van der Waals surface area (Å²) in [6.45, 7) is 2.53. The molecule has 0 aliphatic rings. The molecule has 0 aliphatic heterocycles. The second kappa shape index (κ2) is 7.65. The normalized spacial score (nSPS) is 10.4. The lowest BCUT2D eigenvalue weighted by Crippen LogP contribution is -2.11. The molecule has 0 spiro atoms. The molecule has 0 amide bonds. The number of hydrogen-bond acceptors (Lipinski definition) is 6. The molecule has 0 saturated heterocycles. The quantitative estimate of drug-likeness (QED) is 0.595. The van der Waals surface area contributed by atoms with E-state index < -0.39 is 0 Å². The maximum Gasteiger partial charge on any atom is 0.253 e. The van der Waals surface area contributed by atoms with Gasteiger partial charge >= 0.3 is 0 Å². The first kappa shape index (κ1) is 16.1. The standard InChI is InChI=1S/C15H17N3O3S/c1-2-21-12-5-3-10(4-6-12)7-11(19)9-22-15-17-13(16)8-14(20)18-15/h3-6,8H,2,7,9H2,1H3,(H3,16,17,18,20). The summed E-state index contributed by atoms with van der Waals surface area (Å²) in [4.78, 5) is 29.7. The van der Waals surface area contributed by atoms with Gasteiger partial charge in [-0.05, 0) is 24.6 Å². The number of ether oxygens (including phenoxy) is 1. The van der Waals surface area contributed by atoms with Gasteiger partial charge in [0.25, 0.3) is 5.56 Å². The zero-order valence-corrected chi connectivity index (χ0v) is 13.0. The zero-order valence-electron chi connectivity index (χ0n) is 12.2. The number of rotatable bonds is 7. The van der Waals surface area contributed by atoms with Crippen LogP contribution in [0.2, 0.25) is 0 Å². The molecule has 0 bridgehead atoms. The lowest BCUT2D eigenvalue weighted by molar-refractivity contribution is -0.116. The number of carbonyl (C=O) groups is 1. The molecule has 116 valence electrons. The molecular weight excluding hydrogens is 302 g/mol. The zero-order chi connectivity index (χ0) is 15.9. The minimum absolute atomic E-state index is 0.0410. The summed E-state index contributed by atoms with van der Waals surface area (Å²) in [6, 6.07) is 8.63. The van der Waals surface area contributed by atoms with E-state index >= 15 is 0 Å². The second-order valence-corrected chi connectivity index (χ2v) is 5.52. The predicted molar refractivity (Wildman–Crippen MR) is 86.3 cm³/mol. The van der Waals surface area contributed by atoms with E-state index in [1.165, 1.54) is 17.8 Å². The van der Waals surface area contributed by atoms with Crippen molar-refractivity contribution in [2.75, 3.05) is 18.1 Å². The van der Waals surface area contributed by atoms with Gasteiger partial charge in [-0.3, -0.25) is 9.59 Å². The molecule has 22 heavy (non-hydrogen) atoms. The van der Waals surface area contributed by atoms with Gasteiger partial charge in [-0.15, -0.1) is 0 Å². The van der Waals surface area contributed by atoms with E-state index in [4.69, 9.17) is 10.5 Å². The van der Waals surface area contributed by atoms with Gasteiger partial charge in [-0.25, -0.2) is 4.98 Å². The van der Waals surface area contributed by atoms with Gasteiger partial charge in [-0.1, -0.05) is 23.9 Å². The van der Waals surface area contributed by atoms with E-state index in [0.717, 1.165) is 11.3 Å². The van der Waals surface area contributed by atoms with Crippen molar-refractivity contribution in [1.29, 1.82) is 0 Å². The topological polar surface area (TPSA) is 98.1 Å². The summed E-state index contributed by atoms with van der Waals surface area (Å²) in [5, 5.41) is 0.352. The number of ketones is 1. The van der Waals surface area contributed by atoms with Crippen LogP contribution in [0.1, 0.15) is 12.5 Å². The molecular formula is C15H17N3O3S. The number of nitrogens with zero attached hydrogens (tertiary/aromatic N) is 1. The highest BCUT2D eigenvalue weighted by atomic mass is 32.2. The van der Waals surface area contributed by atoms with Crippen LogP contribution in [0.4, 0.5) is 5.82 Å². The van der Waals surface area contributed by atoms with Gasteiger partial charge in [0.2, 0.25) is 0 Å². The van der Waals surface area contributed by atoms with Crippen LogP contribution >= 0.6 is 11.8 Å². The van der Waals surface area contributed by atoms with Crippen LogP contribution in [-0.4, -0.2) is 28.1 Å². The number of thioether (sulfide) groups is 1. The van der Waals surface area contributed by atoms with Crippen molar-refractivity contribution in [3.05, 3.63) is 46.2 Å². The molecule has 6 nitrogen and oxygen atoms in total. The van der Waals surface area contributed by atoms with E-state index in [2.05, 4.69) is 9.97 Å². The minimum atomic E-state index is -0.325. The molecule has 0 unspecified atom stereocenters. The Labute approximate surface area is 132 Å². The average molecular weight is 319 g/mol. The Morgan fingerprint density at radius 2 is 2.09 bits per heavy atom.